The van der Waals surface area contributed by atoms with Crippen LogP contribution in [-0.2, 0) is 14.3 Å². The molecule has 19 heavy (non-hydrogen) atoms. The molecule has 3 atom stereocenters. The number of carbonyl (C=O) groups is 1. The number of methoxy groups -OCH3 is 2. The summed E-state index contributed by atoms with van der Waals surface area (Å²) in [7, 11) is 3.34. The van der Waals surface area contributed by atoms with E-state index in [-0.39, 0.29) is 11.7 Å². The maximum absolute atomic E-state index is 12.3. The number of ketones is 1. The normalized spacial score (nSPS) is 35.4. The molecule has 3 rings (SSSR count). The van der Waals surface area contributed by atoms with Crippen molar-refractivity contribution in [1.82, 2.24) is 0 Å². The third kappa shape index (κ3) is 1.83. The highest BCUT2D eigenvalue weighted by Gasteiger charge is 2.49. The fourth-order valence-corrected chi connectivity index (χ4v) is 3.99. The van der Waals surface area contributed by atoms with Crippen LogP contribution in [0.2, 0.25) is 0 Å². The fraction of sp³-hybridized carbons (Fsp3) is 0.562. The first-order chi connectivity index (χ1) is 9.27. The standard InChI is InChI=1S/C16H20O3/c1-18-9-12-10-5-3-4-6-11(10)15-13(17)7-8-14(19-2)16(12)15/h7-11,15H,3-6H2,1-2H3. The third-order valence-corrected chi connectivity index (χ3v) is 4.70. The molecule has 0 radical (unpaired) electrons. The van der Waals surface area contributed by atoms with Gasteiger partial charge in [0.25, 0.3) is 0 Å². The van der Waals surface area contributed by atoms with Crippen molar-refractivity contribution < 1.29 is 14.3 Å². The van der Waals surface area contributed by atoms with Crippen LogP contribution in [0.25, 0.3) is 0 Å². The van der Waals surface area contributed by atoms with Crippen LogP contribution in [0.4, 0.5) is 0 Å². The van der Waals surface area contributed by atoms with Crippen LogP contribution in [0.1, 0.15) is 25.7 Å². The first kappa shape index (κ1) is 12.5. The first-order valence-electron chi connectivity index (χ1n) is 7.01. The second-order valence-corrected chi connectivity index (χ2v) is 5.56. The van der Waals surface area contributed by atoms with E-state index in [2.05, 4.69) is 0 Å². The lowest BCUT2D eigenvalue weighted by Gasteiger charge is -2.28. The second kappa shape index (κ2) is 4.87. The van der Waals surface area contributed by atoms with Gasteiger partial charge in [-0.3, -0.25) is 4.79 Å². The Balaban J connectivity index is 2.12. The summed E-state index contributed by atoms with van der Waals surface area (Å²) in [5, 5.41) is 0. The average Bonchev–Trinajstić information content (AvgIpc) is 2.76. The van der Waals surface area contributed by atoms with Crippen molar-refractivity contribution in [2.24, 2.45) is 17.8 Å². The zero-order valence-electron chi connectivity index (χ0n) is 11.5. The topological polar surface area (TPSA) is 35.5 Å². The molecule has 0 aromatic heterocycles. The van der Waals surface area contributed by atoms with Gasteiger partial charge >= 0.3 is 0 Å². The van der Waals surface area contributed by atoms with Gasteiger partial charge in [0.1, 0.15) is 5.76 Å². The molecule has 0 aromatic rings. The summed E-state index contributed by atoms with van der Waals surface area (Å²) in [5.41, 5.74) is 2.26. The van der Waals surface area contributed by atoms with E-state index in [9.17, 15) is 4.79 Å². The molecule has 0 aromatic carbocycles. The number of ether oxygens (including phenoxy) is 2. The maximum atomic E-state index is 12.3. The third-order valence-electron chi connectivity index (χ3n) is 4.70. The molecule has 0 saturated heterocycles. The molecule has 3 aliphatic rings. The van der Waals surface area contributed by atoms with E-state index in [4.69, 9.17) is 9.47 Å². The molecule has 102 valence electrons. The Morgan fingerprint density at radius 1 is 1.21 bits per heavy atom. The molecule has 0 heterocycles. The van der Waals surface area contributed by atoms with Gasteiger partial charge in [-0.25, -0.2) is 0 Å². The predicted molar refractivity (Wildman–Crippen MR) is 72.2 cm³/mol. The Morgan fingerprint density at radius 3 is 2.74 bits per heavy atom. The van der Waals surface area contributed by atoms with Gasteiger partial charge in [0.15, 0.2) is 5.78 Å². The van der Waals surface area contributed by atoms with E-state index in [1.807, 2.05) is 6.26 Å². The molecular formula is C16H20O3. The SMILES string of the molecule is COC=C1C2=C(OC)C=CC(=O)C2C2CCCCC12. The summed E-state index contributed by atoms with van der Waals surface area (Å²) in [5.74, 6) is 1.96. The Labute approximate surface area is 114 Å². The van der Waals surface area contributed by atoms with E-state index in [1.54, 1.807) is 26.4 Å². The minimum absolute atomic E-state index is 0.00773. The minimum Gasteiger partial charge on any atom is -0.504 e. The van der Waals surface area contributed by atoms with Gasteiger partial charge in [0, 0.05) is 5.57 Å². The zero-order chi connectivity index (χ0) is 13.4. The molecule has 0 spiro atoms. The molecule has 0 N–H and O–H groups in total. The Hall–Kier alpha value is -1.51. The van der Waals surface area contributed by atoms with Gasteiger partial charge in [-0.15, -0.1) is 0 Å². The van der Waals surface area contributed by atoms with Gasteiger partial charge in [0.2, 0.25) is 0 Å². The van der Waals surface area contributed by atoms with Crippen LogP contribution in [0.15, 0.2) is 35.3 Å². The highest BCUT2D eigenvalue weighted by atomic mass is 16.5. The predicted octanol–water partition coefficient (Wildman–Crippen LogP) is 2.99. The lowest BCUT2D eigenvalue weighted by Crippen LogP contribution is -2.26. The van der Waals surface area contributed by atoms with Crippen molar-refractivity contribution in [1.29, 1.82) is 0 Å². The van der Waals surface area contributed by atoms with E-state index in [0.29, 0.717) is 11.8 Å². The lowest BCUT2D eigenvalue weighted by atomic mass is 9.75. The number of fused-ring (bicyclic) bond motifs is 3. The van der Waals surface area contributed by atoms with Crippen LogP contribution in [-0.4, -0.2) is 20.0 Å². The highest BCUT2D eigenvalue weighted by molar-refractivity contribution is 5.97. The summed E-state index contributed by atoms with van der Waals surface area (Å²) in [6.07, 6.45) is 10.1. The van der Waals surface area contributed by atoms with Crippen LogP contribution in [0.3, 0.4) is 0 Å². The monoisotopic (exact) mass is 260 g/mol. The van der Waals surface area contributed by atoms with Gasteiger partial charge in [-0.2, -0.15) is 0 Å². The van der Waals surface area contributed by atoms with Gasteiger partial charge < -0.3 is 9.47 Å². The molecule has 2 saturated carbocycles. The summed E-state index contributed by atoms with van der Waals surface area (Å²) in [6, 6.07) is 0. The number of hydrogen-bond donors (Lipinski definition) is 0. The van der Waals surface area contributed by atoms with Crippen LogP contribution < -0.4 is 0 Å². The lowest BCUT2D eigenvalue weighted by molar-refractivity contribution is -0.118. The van der Waals surface area contributed by atoms with Crippen LogP contribution >= 0.6 is 0 Å². The molecule has 3 heteroatoms. The molecule has 3 aliphatic carbocycles. The summed E-state index contributed by atoms with van der Waals surface area (Å²) >= 11 is 0. The highest BCUT2D eigenvalue weighted by Crippen LogP contribution is 2.54. The van der Waals surface area contributed by atoms with Crippen molar-refractivity contribution in [3.63, 3.8) is 0 Å². The van der Waals surface area contributed by atoms with Crippen molar-refractivity contribution in [2.45, 2.75) is 25.7 Å². The molecule has 3 unspecified atom stereocenters. The molecule has 0 amide bonds. The van der Waals surface area contributed by atoms with Gasteiger partial charge in [0.05, 0.1) is 26.4 Å². The maximum Gasteiger partial charge on any atom is 0.163 e. The van der Waals surface area contributed by atoms with Crippen molar-refractivity contribution in [3.8, 4) is 0 Å². The van der Waals surface area contributed by atoms with Gasteiger partial charge in [-0.05, 0) is 42.4 Å². The zero-order valence-corrected chi connectivity index (χ0v) is 11.5. The smallest absolute Gasteiger partial charge is 0.163 e. The Bertz CT molecular complexity index is 484. The molecule has 2 fully saturated rings. The van der Waals surface area contributed by atoms with E-state index in [0.717, 1.165) is 24.2 Å². The Morgan fingerprint density at radius 2 is 2.00 bits per heavy atom. The fourth-order valence-electron chi connectivity index (χ4n) is 3.99. The molecule has 0 aliphatic heterocycles. The van der Waals surface area contributed by atoms with Crippen LogP contribution in [0, 0.1) is 17.8 Å². The van der Waals surface area contributed by atoms with Gasteiger partial charge in [-0.1, -0.05) is 12.8 Å². The van der Waals surface area contributed by atoms with Crippen molar-refractivity contribution >= 4 is 5.78 Å². The van der Waals surface area contributed by atoms with E-state index < -0.39 is 0 Å². The summed E-state index contributed by atoms with van der Waals surface area (Å²) < 4.78 is 10.7. The largest absolute Gasteiger partial charge is 0.504 e. The van der Waals surface area contributed by atoms with Crippen LogP contribution in [0.5, 0.6) is 0 Å². The van der Waals surface area contributed by atoms with Crippen molar-refractivity contribution in [3.05, 3.63) is 35.3 Å². The number of rotatable bonds is 2. The second-order valence-electron chi connectivity index (χ2n) is 5.56. The number of carbonyl (C=O) groups excluding carboxylic acids is 1. The molecule has 3 nitrogen and oxygen atoms in total. The van der Waals surface area contributed by atoms with Crippen molar-refractivity contribution in [2.75, 3.05) is 14.2 Å². The summed E-state index contributed by atoms with van der Waals surface area (Å²) in [6.45, 7) is 0. The number of hydrogen-bond acceptors (Lipinski definition) is 3. The molecular weight excluding hydrogens is 240 g/mol. The first-order valence-corrected chi connectivity index (χ1v) is 7.01. The molecule has 0 bridgehead atoms. The summed E-state index contributed by atoms with van der Waals surface area (Å²) in [4.78, 5) is 12.3. The minimum atomic E-state index is -0.00773. The Kier molecular flexibility index (Phi) is 3.21. The van der Waals surface area contributed by atoms with E-state index >= 15 is 0 Å². The average molecular weight is 260 g/mol. The number of allylic oxidation sites excluding steroid dienone is 4. The van der Waals surface area contributed by atoms with E-state index in [1.165, 1.54) is 18.4 Å². The quantitative estimate of drug-likeness (QED) is 0.716.